The maximum absolute atomic E-state index is 12.7. The lowest BCUT2D eigenvalue weighted by atomic mass is 9.96. The van der Waals surface area contributed by atoms with Crippen LogP contribution in [-0.4, -0.2) is 55.0 Å². The second-order valence-corrected chi connectivity index (χ2v) is 7.16. The predicted octanol–water partition coefficient (Wildman–Crippen LogP) is 2.23. The smallest absolute Gasteiger partial charge is 0.239 e. The van der Waals surface area contributed by atoms with E-state index >= 15 is 0 Å². The zero-order valence-corrected chi connectivity index (χ0v) is 15.7. The zero-order chi connectivity index (χ0) is 17.7. The van der Waals surface area contributed by atoms with Crippen molar-refractivity contribution in [2.24, 2.45) is 5.73 Å². The lowest BCUT2D eigenvalue weighted by Crippen LogP contribution is -2.52. The van der Waals surface area contributed by atoms with Crippen molar-refractivity contribution in [3.8, 4) is 0 Å². The summed E-state index contributed by atoms with van der Waals surface area (Å²) < 4.78 is 0. The van der Waals surface area contributed by atoms with Crippen LogP contribution in [0.25, 0.3) is 0 Å². The van der Waals surface area contributed by atoms with Gasteiger partial charge in [0.15, 0.2) is 0 Å². The van der Waals surface area contributed by atoms with Crippen LogP contribution in [0.15, 0.2) is 18.2 Å². The van der Waals surface area contributed by atoms with Crippen LogP contribution >= 0.6 is 0 Å². The lowest BCUT2D eigenvalue weighted by Gasteiger charge is -2.37. The van der Waals surface area contributed by atoms with E-state index in [0.29, 0.717) is 12.5 Å². The van der Waals surface area contributed by atoms with Crippen LogP contribution in [0.5, 0.6) is 0 Å². The number of benzene rings is 1. The molecule has 1 unspecified atom stereocenters. The first-order chi connectivity index (χ1) is 11.5. The van der Waals surface area contributed by atoms with Crippen LogP contribution in [0.3, 0.4) is 0 Å². The van der Waals surface area contributed by atoms with Gasteiger partial charge in [-0.15, -0.1) is 0 Å². The number of amides is 1. The Morgan fingerprint density at radius 3 is 2.62 bits per heavy atom. The highest BCUT2D eigenvalue weighted by molar-refractivity contribution is 5.82. The lowest BCUT2D eigenvalue weighted by molar-refractivity contribution is -0.134. The van der Waals surface area contributed by atoms with Gasteiger partial charge in [0.2, 0.25) is 5.91 Å². The first-order valence-corrected chi connectivity index (χ1v) is 9.27. The number of nitrogens with two attached hydrogens (primary N) is 1. The highest BCUT2D eigenvalue weighted by atomic mass is 16.2. The first-order valence-electron chi connectivity index (χ1n) is 9.27. The molecule has 2 atom stereocenters. The summed E-state index contributed by atoms with van der Waals surface area (Å²) in [7, 11) is 4.17. The molecule has 1 aliphatic rings. The van der Waals surface area contributed by atoms with Crippen LogP contribution in [0, 0.1) is 0 Å². The number of aryl methyl sites for hydroxylation is 2. The minimum atomic E-state index is -0.442. The molecule has 1 saturated heterocycles. The molecule has 1 heterocycles. The standard InChI is InChI=1S/C20H33N3O/c1-5-16-10-9-15(12-17(16)6-2)13-19(21)20(24)23-11-7-8-18(14-23)22(3)4/h9-10,12,18-19H,5-8,11,13-14,21H2,1-4H3/t18?,19-/m1/s1. The molecule has 0 aliphatic carbocycles. The van der Waals surface area contributed by atoms with Crippen molar-refractivity contribution in [3.05, 3.63) is 34.9 Å². The molecule has 1 fully saturated rings. The van der Waals surface area contributed by atoms with Crippen LogP contribution in [0.1, 0.15) is 43.4 Å². The second-order valence-electron chi connectivity index (χ2n) is 7.16. The van der Waals surface area contributed by atoms with Crippen molar-refractivity contribution in [1.29, 1.82) is 0 Å². The third-order valence-electron chi connectivity index (χ3n) is 5.24. The summed E-state index contributed by atoms with van der Waals surface area (Å²) in [5.74, 6) is 0.0965. The summed E-state index contributed by atoms with van der Waals surface area (Å²) in [5.41, 5.74) is 10.2. The van der Waals surface area contributed by atoms with E-state index in [1.54, 1.807) is 0 Å². The molecule has 134 valence electrons. The van der Waals surface area contributed by atoms with Crippen molar-refractivity contribution in [2.75, 3.05) is 27.2 Å². The molecule has 24 heavy (non-hydrogen) atoms. The van der Waals surface area contributed by atoms with Gasteiger partial charge in [-0.05, 0) is 62.9 Å². The van der Waals surface area contributed by atoms with Gasteiger partial charge >= 0.3 is 0 Å². The minimum absolute atomic E-state index is 0.0965. The molecule has 1 amide bonds. The molecule has 2 rings (SSSR count). The van der Waals surface area contributed by atoms with Gasteiger partial charge in [0.1, 0.15) is 0 Å². The highest BCUT2D eigenvalue weighted by Crippen LogP contribution is 2.17. The highest BCUT2D eigenvalue weighted by Gasteiger charge is 2.28. The normalized spacial score (nSPS) is 19.6. The van der Waals surface area contributed by atoms with Crippen LogP contribution < -0.4 is 5.73 Å². The van der Waals surface area contributed by atoms with E-state index in [9.17, 15) is 4.79 Å². The summed E-state index contributed by atoms with van der Waals surface area (Å²) in [6.07, 6.45) is 4.92. The molecule has 1 aliphatic heterocycles. The number of likely N-dealkylation sites (N-methyl/N-ethyl adjacent to an activating group) is 1. The number of nitrogens with zero attached hydrogens (tertiary/aromatic N) is 2. The largest absolute Gasteiger partial charge is 0.340 e. The third kappa shape index (κ3) is 4.58. The van der Waals surface area contributed by atoms with Crippen molar-refractivity contribution >= 4 is 5.91 Å². The maximum Gasteiger partial charge on any atom is 0.239 e. The quantitative estimate of drug-likeness (QED) is 0.870. The molecule has 0 bridgehead atoms. The average Bonchev–Trinajstić information content (AvgIpc) is 2.60. The summed E-state index contributed by atoms with van der Waals surface area (Å²) in [6.45, 7) is 6.00. The molecular weight excluding hydrogens is 298 g/mol. The van der Waals surface area contributed by atoms with Crippen molar-refractivity contribution < 1.29 is 4.79 Å². The van der Waals surface area contributed by atoms with E-state index in [1.165, 1.54) is 16.7 Å². The number of likely N-dealkylation sites (tertiary alicyclic amines) is 1. The molecule has 4 nitrogen and oxygen atoms in total. The van der Waals surface area contributed by atoms with Crippen LogP contribution in [-0.2, 0) is 24.1 Å². The monoisotopic (exact) mass is 331 g/mol. The number of hydrogen-bond acceptors (Lipinski definition) is 3. The van der Waals surface area contributed by atoms with Gasteiger partial charge in [0.25, 0.3) is 0 Å². The van der Waals surface area contributed by atoms with Crippen molar-refractivity contribution in [2.45, 2.75) is 58.0 Å². The molecular formula is C20H33N3O. The Morgan fingerprint density at radius 2 is 2.00 bits per heavy atom. The Morgan fingerprint density at radius 1 is 1.29 bits per heavy atom. The van der Waals surface area contributed by atoms with Crippen molar-refractivity contribution in [1.82, 2.24) is 9.80 Å². The van der Waals surface area contributed by atoms with Gasteiger partial charge in [-0.2, -0.15) is 0 Å². The molecule has 0 spiro atoms. The van der Waals surface area contributed by atoms with E-state index < -0.39 is 6.04 Å². The minimum Gasteiger partial charge on any atom is -0.340 e. The predicted molar refractivity (Wildman–Crippen MR) is 100 cm³/mol. The van der Waals surface area contributed by atoms with E-state index in [2.05, 4.69) is 51.0 Å². The van der Waals surface area contributed by atoms with Gasteiger partial charge < -0.3 is 15.5 Å². The molecule has 1 aromatic rings. The Labute approximate surface area is 147 Å². The Bertz CT molecular complexity index is 556. The molecule has 0 saturated carbocycles. The van der Waals surface area contributed by atoms with E-state index in [0.717, 1.165) is 38.8 Å². The SMILES string of the molecule is CCc1ccc(C[C@@H](N)C(=O)N2CCCC(N(C)C)C2)cc1CC. The van der Waals surface area contributed by atoms with Gasteiger partial charge in [-0.1, -0.05) is 32.0 Å². The molecule has 4 heteroatoms. The fourth-order valence-corrected chi connectivity index (χ4v) is 3.63. The summed E-state index contributed by atoms with van der Waals surface area (Å²) in [4.78, 5) is 16.9. The Hall–Kier alpha value is -1.39. The second kappa shape index (κ2) is 8.63. The van der Waals surface area contributed by atoms with E-state index in [4.69, 9.17) is 5.73 Å². The van der Waals surface area contributed by atoms with Crippen LogP contribution in [0.2, 0.25) is 0 Å². The first kappa shape index (κ1) is 18.9. The molecule has 2 N–H and O–H groups in total. The number of carbonyl (C=O) groups excluding carboxylic acids is 1. The summed E-state index contributed by atoms with van der Waals surface area (Å²) >= 11 is 0. The number of rotatable bonds is 6. The maximum atomic E-state index is 12.7. The van der Waals surface area contributed by atoms with Gasteiger partial charge in [-0.25, -0.2) is 0 Å². The summed E-state index contributed by atoms with van der Waals surface area (Å²) in [5, 5.41) is 0. The third-order valence-corrected chi connectivity index (χ3v) is 5.24. The Balaban J connectivity index is 2.01. The van der Waals surface area contributed by atoms with Crippen molar-refractivity contribution in [3.63, 3.8) is 0 Å². The molecule has 0 aromatic heterocycles. The topological polar surface area (TPSA) is 49.6 Å². The fourth-order valence-electron chi connectivity index (χ4n) is 3.63. The zero-order valence-electron chi connectivity index (χ0n) is 15.7. The van der Waals surface area contributed by atoms with Gasteiger partial charge in [0.05, 0.1) is 6.04 Å². The number of hydrogen-bond donors (Lipinski definition) is 1. The summed E-state index contributed by atoms with van der Waals surface area (Å²) in [6, 6.07) is 6.55. The Kier molecular flexibility index (Phi) is 6.81. The van der Waals surface area contributed by atoms with E-state index in [1.807, 2.05) is 4.90 Å². The van der Waals surface area contributed by atoms with Gasteiger partial charge in [0, 0.05) is 19.1 Å². The molecule has 1 aromatic carbocycles. The average molecular weight is 332 g/mol. The fraction of sp³-hybridized carbons (Fsp3) is 0.650. The molecule has 0 radical (unpaired) electrons. The van der Waals surface area contributed by atoms with E-state index in [-0.39, 0.29) is 5.91 Å². The number of carbonyl (C=O) groups is 1. The number of piperidine rings is 1. The van der Waals surface area contributed by atoms with Crippen LogP contribution in [0.4, 0.5) is 0 Å². The van der Waals surface area contributed by atoms with Gasteiger partial charge in [-0.3, -0.25) is 4.79 Å².